The van der Waals surface area contributed by atoms with Crippen LogP contribution in [0.15, 0.2) is 54.9 Å². The van der Waals surface area contributed by atoms with Crippen molar-refractivity contribution in [1.82, 2.24) is 15.2 Å². The van der Waals surface area contributed by atoms with Crippen LogP contribution in [0.25, 0.3) is 0 Å². The van der Waals surface area contributed by atoms with Gasteiger partial charge in [0.15, 0.2) is 0 Å². The first kappa shape index (κ1) is 17.6. The Kier molecular flexibility index (Phi) is 5.58. The lowest BCUT2D eigenvalue weighted by Crippen LogP contribution is -2.33. The number of amides is 4. The maximum Gasteiger partial charge on any atom is 0.324 e. The van der Waals surface area contributed by atoms with Gasteiger partial charge in [-0.25, -0.2) is 4.79 Å². The number of nitrogens with one attached hydrogen (secondary N) is 2. The van der Waals surface area contributed by atoms with Crippen molar-refractivity contribution in [2.45, 2.75) is 25.3 Å². The molecule has 0 spiro atoms. The van der Waals surface area contributed by atoms with Gasteiger partial charge in [0.05, 0.1) is 11.9 Å². The molecule has 1 saturated heterocycles. The van der Waals surface area contributed by atoms with Gasteiger partial charge in [-0.2, -0.15) is 0 Å². The summed E-state index contributed by atoms with van der Waals surface area (Å²) in [5, 5.41) is 5.37. The number of carbonyl (C=O) groups is 3. The molecule has 1 aliphatic heterocycles. The summed E-state index contributed by atoms with van der Waals surface area (Å²) in [6, 6.07) is 12.1. The highest BCUT2D eigenvalue weighted by molar-refractivity contribution is 6.04. The predicted octanol–water partition coefficient (Wildman–Crippen LogP) is 1.96. The van der Waals surface area contributed by atoms with Gasteiger partial charge in [-0.3, -0.25) is 19.5 Å². The molecule has 0 aliphatic carbocycles. The number of hydrogen-bond donors (Lipinski definition) is 2. The summed E-state index contributed by atoms with van der Waals surface area (Å²) < 4.78 is 0. The summed E-state index contributed by atoms with van der Waals surface area (Å²) in [6.45, 7) is 0.326. The molecule has 26 heavy (non-hydrogen) atoms. The summed E-state index contributed by atoms with van der Waals surface area (Å²) in [4.78, 5) is 41.6. The lowest BCUT2D eigenvalue weighted by Gasteiger charge is -2.13. The van der Waals surface area contributed by atoms with Crippen LogP contribution >= 0.6 is 0 Å². The molecule has 1 fully saturated rings. The van der Waals surface area contributed by atoms with Crippen LogP contribution in [0.3, 0.4) is 0 Å². The number of carbonyl (C=O) groups excluding carboxylic acids is 3. The summed E-state index contributed by atoms with van der Waals surface area (Å²) in [5.74, 6) is -0.497. The first-order valence-corrected chi connectivity index (χ1v) is 8.49. The molecule has 0 bridgehead atoms. The van der Waals surface area contributed by atoms with E-state index in [0.29, 0.717) is 18.7 Å². The van der Waals surface area contributed by atoms with Crippen molar-refractivity contribution in [2.24, 2.45) is 0 Å². The standard InChI is InChI=1S/C19H20N4O3/c24-17(21-15-7-4-11-20-13-15)9-8-16-18(25)23(19(26)22-16)12-10-14-5-2-1-3-6-14/h1-7,11,13,16H,8-10,12H2,(H,21,24)(H,22,26)/t16-/m0/s1. The molecule has 2 heterocycles. The molecule has 0 unspecified atom stereocenters. The molecule has 134 valence electrons. The topological polar surface area (TPSA) is 91.4 Å². The van der Waals surface area contributed by atoms with E-state index in [0.717, 1.165) is 5.56 Å². The first-order chi connectivity index (χ1) is 12.6. The maximum atomic E-state index is 12.4. The van der Waals surface area contributed by atoms with E-state index in [1.807, 2.05) is 30.3 Å². The van der Waals surface area contributed by atoms with Crippen LogP contribution < -0.4 is 10.6 Å². The molecule has 1 atom stereocenters. The van der Waals surface area contributed by atoms with Gasteiger partial charge >= 0.3 is 6.03 Å². The molecular weight excluding hydrogens is 332 g/mol. The fraction of sp³-hybridized carbons (Fsp3) is 0.263. The van der Waals surface area contributed by atoms with Crippen molar-refractivity contribution in [2.75, 3.05) is 11.9 Å². The minimum absolute atomic E-state index is 0.137. The average Bonchev–Trinajstić information content (AvgIpc) is 2.93. The van der Waals surface area contributed by atoms with Crippen molar-refractivity contribution in [3.63, 3.8) is 0 Å². The van der Waals surface area contributed by atoms with Gasteiger partial charge in [-0.15, -0.1) is 0 Å². The normalized spacial score (nSPS) is 16.5. The number of nitrogens with zero attached hydrogens (tertiary/aromatic N) is 2. The van der Waals surface area contributed by atoms with Gasteiger partial charge in [-0.1, -0.05) is 30.3 Å². The van der Waals surface area contributed by atoms with E-state index in [4.69, 9.17) is 0 Å². The lowest BCUT2D eigenvalue weighted by atomic mass is 10.1. The molecule has 0 radical (unpaired) electrons. The van der Waals surface area contributed by atoms with E-state index in [-0.39, 0.29) is 24.7 Å². The van der Waals surface area contributed by atoms with Gasteiger partial charge in [0.1, 0.15) is 6.04 Å². The highest BCUT2D eigenvalue weighted by Gasteiger charge is 2.37. The van der Waals surface area contributed by atoms with E-state index in [9.17, 15) is 14.4 Å². The van der Waals surface area contributed by atoms with Gasteiger partial charge in [-0.05, 0) is 30.5 Å². The number of anilines is 1. The number of imide groups is 1. The van der Waals surface area contributed by atoms with Gasteiger partial charge in [0.2, 0.25) is 5.91 Å². The monoisotopic (exact) mass is 352 g/mol. The summed E-state index contributed by atoms with van der Waals surface area (Å²) >= 11 is 0. The molecule has 2 N–H and O–H groups in total. The number of aromatic nitrogens is 1. The Labute approximate surface area is 151 Å². The summed E-state index contributed by atoms with van der Waals surface area (Å²) in [5.41, 5.74) is 1.66. The summed E-state index contributed by atoms with van der Waals surface area (Å²) in [6.07, 6.45) is 4.17. The molecule has 1 aromatic carbocycles. The second-order valence-corrected chi connectivity index (χ2v) is 6.06. The number of hydrogen-bond acceptors (Lipinski definition) is 4. The van der Waals surface area contributed by atoms with E-state index in [2.05, 4.69) is 15.6 Å². The van der Waals surface area contributed by atoms with Crippen LogP contribution in [0, 0.1) is 0 Å². The highest BCUT2D eigenvalue weighted by Crippen LogP contribution is 2.13. The number of pyridine rings is 1. The molecule has 7 nitrogen and oxygen atoms in total. The number of urea groups is 1. The van der Waals surface area contributed by atoms with Crippen molar-refractivity contribution in [1.29, 1.82) is 0 Å². The zero-order valence-corrected chi connectivity index (χ0v) is 14.2. The third-order valence-corrected chi connectivity index (χ3v) is 4.18. The Morgan fingerprint density at radius 3 is 2.69 bits per heavy atom. The molecule has 0 saturated carbocycles. The van der Waals surface area contributed by atoms with Crippen LogP contribution in [0.5, 0.6) is 0 Å². The van der Waals surface area contributed by atoms with Crippen LogP contribution in [0.1, 0.15) is 18.4 Å². The third kappa shape index (κ3) is 4.44. The zero-order valence-electron chi connectivity index (χ0n) is 14.2. The van der Waals surface area contributed by atoms with Gasteiger partial charge < -0.3 is 10.6 Å². The largest absolute Gasteiger partial charge is 0.326 e. The lowest BCUT2D eigenvalue weighted by molar-refractivity contribution is -0.127. The Hall–Kier alpha value is -3.22. The molecule has 3 rings (SSSR count). The fourth-order valence-electron chi connectivity index (χ4n) is 2.81. The van der Waals surface area contributed by atoms with Crippen molar-refractivity contribution >= 4 is 23.5 Å². The summed E-state index contributed by atoms with van der Waals surface area (Å²) in [7, 11) is 0. The molecule has 4 amide bonds. The Balaban J connectivity index is 1.48. The minimum atomic E-state index is -0.655. The van der Waals surface area contributed by atoms with E-state index < -0.39 is 12.1 Å². The average molecular weight is 352 g/mol. The Morgan fingerprint density at radius 1 is 1.15 bits per heavy atom. The Morgan fingerprint density at radius 2 is 1.96 bits per heavy atom. The van der Waals surface area contributed by atoms with Crippen molar-refractivity contribution in [3.8, 4) is 0 Å². The highest BCUT2D eigenvalue weighted by atomic mass is 16.2. The second kappa shape index (κ2) is 8.24. The molecule has 7 heteroatoms. The molecule has 1 aromatic heterocycles. The van der Waals surface area contributed by atoms with Gasteiger partial charge in [0, 0.05) is 19.2 Å². The number of benzene rings is 1. The molecule has 2 aromatic rings. The van der Waals surface area contributed by atoms with Crippen LogP contribution in [0.2, 0.25) is 0 Å². The Bertz CT molecular complexity index is 780. The fourth-order valence-corrected chi connectivity index (χ4v) is 2.81. The SMILES string of the molecule is O=C(CC[C@@H]1NC(=O)N(CCc2ccccc2)C1=O)Nc1cccnc1. The second-order valence-electron chi connectivity index (χ2n) is 6.06. The smallest absolute Gasteiger partial charge is 0.324 e. The first-order valence-electron chi connectivity index (χ1n) is 8.49. The van der Waals surface area contributed by atoms with Crippen molar-refractivity contribution < 1.29 is 14.4 Å². The van der Waals surface area contributed by atoms with E-state index in [1.165, 1.54) is 4.90 Å². The van der Waals surface area contributed by atoms with Crippen LogP contribution in [0.4, 0.5) is 10.5 Å². The van der Waals surface area contributed by atoms with E-state index in [1.54, 1.807) is 24.5 Å². The predicted molar refractivity (Wildman–Crippen MR) is 96.3 cm³/mol. The van der Waals surface area contributed by atoms with Crippen molar-refractivity contribution in [3.05, 3.63) is 60.4 Å². The third-order valence-electron chi connectivity index (χ3n) is 4.18. The quantitative estimate of drug-likeness (QED) is 0.745. The zero-order chi connectivity index (χ0) is 18.4. The minimum Gasteiger partial charge on any atom is -0.326 e. The molecule has 1 aliphatic rings. The van der Waals surface area contributed by atoms with Crippen LogP contribution in [-0.2, 0) is 16.0 Å². The van der Waals surface area contributed by atoms with E-state index >= 15 is 0 Å². The molecular formula is C19H20N4O3. The van der Waals surface area contributed by atoms with Gasteiger partial charge in [0.25, 0.3) is 5.91 Å². The maximum absolute atomic E-state index is 12.4. The van der Waals surface area contributed by atoms with Crippen LogP contribution in [-0.4, -0.2) is 40.3 Å². The number of rotatable bonds is 7.